The third-order valence-corrected chi connectivity index (χ3v) is 6.44. The van der Waals surface area contributed by atoms with Gasteiger partial charge in [-0.15, -0.1) is 0 Å². The summed E-state index contributed by atoms with van der Waals surface area (Å²) >= 11 is 1.50. The number of piperidine rings is 1. The molecular formula is C24H36N4OS. The molecule has 1 aliphatic rings. The van der Waals surface area contributed by atoms with E-state index in [-0.39, 0.29) is 11.3 Å². The number of hydrogen-bond acceptors (Lipinski definition) is 5. The predicted octanol–water partition coefficient (Wildman–Crippen LogP) is 4.92. The zero-order valence-electron chi connectivity index (χ0n) is 18.9. The number of aromatic nitrogens is 2. The Hall–Kier alpha value is -1.95. The number of benzene rings is 1. The molecule has 0 spiro atoms. The van der Waals surface area contributed by atoms with Crippen LogP contribution >= 0.6 is 11.5 Å². The van der Waals surface area contributed by atoms with Crippen LogP contribution in [-0.2, 0) is 11.2 Å². The molecule has 1 N–H and O–H groups in total. The topological polar surface area (TPSA) is 58.1 Å². The fourth-order valence-electron chi connectivity index (χ4n) is 4.32. The molecule has 2 heterocycles. The summed E-state index contributed by atoms with van der Waals surface area (Å²) in [5.74, 6) is 2.08. The second-order valence-corrected chi connectivity index (χ2v) is 10.7. The van der Waals surface area contributed by atoms with Gasteiger partial charge in [0.2, 0.25) is 11.0 Å². The van der Waals surface area contributed by atoms with E-state index >= 15 is 0 Å². The molecule has 0 bridgehead atoms. The molecule has 1 aromatic heterocycles. The summed E-state index contributed by atoms with van der Waals surface area (Å²) < 4.78 is 4.55. The third-order valence-electron chi connectivity index (χ3n) is 5.63. The molecule has 164 valence electrons. The number of carbonyl (C=O) groups is 1. The molecule has 1 aliphatic heterocycles. The van der Waals surface area contributed by atoms with Crippen molar-refractivity contribution in [2.24, 2.45) is 17.3 Å². The lowest BCUT2D eigenvalue weighted by atomic mass is 9.84. The summed E-state index contributed by atoms with van der Waals surface area (Å²) in [7, 11) is 0. The van der Waals surface area contributed by atoms with Gasteiger partial charge >= 0.3 is 0 Å². The Morgan fingerprint density at radius 3 is 2.60 bits per heavy atom. The van der Waals surface area contributed by atoms with Crippen molar-refractivity contribution in [3.8, 4) is 0 Å². The highest BCUT2D eigenvalue weighted by molar-refractivity contribution is 7.09. The summed E-state index contributed by atoms with van der Waals surface area (Å²) in [6, 6.07) is 10.4. The van der Waals surface area contributed by atoms with Gasteiger partial charge in [0.05, 0.1) is 0 Å². The molecule has 1 saturated heterocycles. The molecular weight excluding hydrogens is 392 g/mol. The van der Waals surface area contributed by atoms with E-state index in [1.54, 1.807) is 0 Å². The largest absolute Gasteiger partial charge is 0.356 e. The van der Waals surface area contributed by atoms with Gasteiger partial charge in [-0.3, -0.25) is 4.79 Å². The minimum atomic E-state index is 0.198. The zero-order chi connectivity index (χ0) is 21.6. The highest BCUT2D eigenvalue weighted by Gasteiger charge is 2.23. The third kappa shape index (κ3) is 7.38. The minimum absolute atomic E-state index is 0.198. The Morgan fingerprint density at radius 2 is 1.93 bits per heavy atom. The van der Waals surface area contributed by atoms with Gasteiger partial charge < -0.3 is 10.2 Å². The average molecular weight is 429 g/mol. The Labute approximate surface area is 185 Å². The van der Waals surface area contributed by atoms with E-state index in [9.17, 15) is 4.79 Å². The number of carbonyl (C=O) groups excluding carboxylic acids is 1. The summed E-state index contributed by atoms with van der Waals surface area (Å²) in [4.78, 5) is 19.4. The van der Waals surface area contributed by atoms with Crippen LogP contribution < -0.4 is 10.2 Å². The highest BCUT2D eigenvalue weighted by Crippen LogP contribution is 2.27. The molecule has 0 saturated carbocycles. The lowest BCUT2D eigenvalue weighted by molar-refractivity contribution is -0.122. The van der Waals surface area contributed by atoms with Gasteiger partial charge in [0, 0.05) is 44.0 Å². The van der Waals surface area contributed by atoms with Crippen LogP contribution in [0.4, 0.5) is 5.13 Å². The van der Waals surface area contributed by atoms with Crippen molar-refractivity contribution < 1.29 is 4.79 Å². The molecule has 1 fully saturated rings. The summed E-state index contributed by atoms with van der Waals surface area (Å²) in [6.07, 6.45) is 4.67. The van der Waals surface area contributed by atoms with E-state index in [2.05, 4.69) is 66.6 Å². The van der Waals surface area contributed by atoms with Gasteiger partial charge in [-0.25, -0.2) is 4.98 Å². The van der Waals surface area contributed by atoms with Crippen LogP contribution in [0.25, 0.3) is 0 Å². The molecule has 2 aromatic rings. The van der Waals surface area contributed by atoms with Crippen LogP contribution in [0, 0.1) is 17.3 Å². The molecule has 0 aliphatic carbocycles. The Bertz CT molecular complexity index is 791. The second kappa shape index (κ2) is 10.4. The predicted molar refractivity (Wildman–Crippen MR) is 125 cm³/mol. The van der Waals surface area contributed by atoms with Crippen LogP contribution in [0.1, 0.15) is 64.8 Å². The fourth-order valence-corrected chi connectivity index (χ4v) is 5.05. The Kier molecular flexibility index (Phi) is 7.87. The van der Waals surface area contributed by atoms with Crippen molar-refractivity contribution in [2.45, 2.75) is 59.8 Å². The molecule has 30 heavy (non-hydrogen) atoms. The maximum Gasteiger partial charge on any atom is 0.220 e. The van der Waals surface area contributed by atoms with E-state index in [0.29, 0.717) is 18.3 Å². The van der Waals surface area contributed by atoms with Gasteiger partial charge in [0.15, 0.2) is 0 Å². The number of hydrogen-bond donors (Lipinski definition) is 1. The summed E-state index contributed by atoms with van der Waals surface area (Å²) in [5, 5.41) is 4.20. The van der Waals surface area contributed by atoms with E-state index in [0.717, 1.165) is 56.3 Å². The summed E-state index contributed by atoms with van der Waals surface area (Å²) in [6.45, 7) is 11.6. The molecule has 3 rings (SSSR count). The van der Waals surface area contributed by atoms with E-state index in [1.165, 1.54) is 17.1 Å². The maximum absolute atomic E-state index is 12.3. The molecule has 1 atom stereocenters. The van der Waals surface area contributed by atoms with Gasteiger partial charge in [0.1, 0.15) is 5.82 Å². The van der Waals surface area contributed by atoms with Crippen molar-refractivity contribution in [2.75, 3.05) is 24.5 Å². The van der Waals surface area contributed by atoms with Crippen molar-refractivity contribution in [1.29, 1.82) is 0 Å². The molecule has 0 radical (unpaired) electrons. The fraction of sp³-hybridized carbons (Fsp3) is 0.625. The lowest BCUT2D eigenvalue weighted by Gasteiger charge is -2.31. The Balaban J connectivity index is 1.38. The first-order valence-electron chi connectivity index (χ1n) is 11.2. The van der Waals surface area contributed by atoms with Crippen molar-refractivity contribution >= 4 is 22.6 Å². The van der Waals surface area contributed by atoms with Gasteiger partial charge in [-0.05, 0) is 42.1 Å². The van der Waals surface area contributed by atoms with E-state index in [1.807, 2.05) is 6.07 Å². The minimum Gasteiger partial charge on any atom is -0.356 e. The Morgan fingerprint density at radius 1 is 1.23 bits per heavy atom. The quantitative estimate of drug-likeness (QED) is 0.648. The van der Waals surface area contributed by atoms with Crippen LogP contribution in [0.3, 0.4) is 0 Å². The van der Waals surface area contributed by atoms with Crippen LogP contribution in [0.5, 0.6) is 0 Å². The first-order valence-corrected chi connectivity index (χ1v) is 11.9. The SMILES string of the molecule is C[C@@H](CC(=O)NCC1CCN(c2nc(Cc3ccccc3)ns2)CC1)CC(C)(C)C. The molecule has 6 heteroatoms. The number of nitrogens with one attached hydrogen (secondary N) is 1. The number of nitrogens with zero attached hydrogens (tertiary/aromatic N) is 3. The molecule has 1 amide bonds. The monoisotopic (exact) mass is 428 g/mol. The molecule has 0 unspecified atom stereocenters. The highest BCUT2D eigenvalue weighted by atomic mass is 32.1. The first-order chi connectivity index (χ1) is 14.3. The van der Waals surface area contributed by atoms with E-state index in [4.69, 9.17) is 4.98 Å². The smallest absolute Gasteiger partial charge is 0.220 e. The zero-order valence-corrected chi connectivity index (χ0v) is 19.7. The number of amides is 1. The van der Waals surface area contributed by atoms with Crippen LogP contribution in [0.2, 0.25) is 0 Å². The lowest BCUT2D eigenvalue weighted by Crippen LogP contribution is -2.39. The van der Waals surface area contributed by atoms with Gasteiger partial charge in [-0.1, -0.05) is 58.0 Å². The molecule has 1 aromatic carbocycles. The first kappa shape index (κ1) is 22.7. The number of anilines is 1. The van der Waals surface area contributed by atoms with Crippen LogP contribution in [-0.4, -0.2) is 34.9 Å². The van der Waals surface area contributed by atoms with Crippen LogP contribution in [0.15, 0.2) is 30.3 Å². The van der Waals surface area contributed by atoms with Crippen molar-refractivity contribution in [3.63, 3.8) is 0 Å². The summed E-state index contributed by atoms with van der Waals surface area (Å²) in [5.41, 5.74) is 1.52. The van der Waals surface area contributed by atoms with E-state index < -0.39 is 0 Å². The second-order valence-electron chi connectivity index (χ2n) is 9.96. The van der Waals surface area contributed by atoms with Gasteiger partial charge in [0.25, 0.3) is 0 Å². The normalized spacial score (nSPS) is 16.5. The standard InChI is InChI=1S/C24H36N4OS/c1-18(16-24(2,3)4)14-22(29)25-17-20-10-12-28(13-11-20)23-26-21(27-30-23)15-19-8-6-5-7-9-19/h5-9,18,20H,10-17H2,1-4H3,(H,25,29)/t18-/m0/s1. The number of rotatable bonds is 8. The van der Waals surface area contributed by atoms with Gasteiger partial charge in [-0.2, -0.15) is 4.37 Å². The van der Waals surface area contributed by atoms with Crippen molar-refractivity contribution in [1.82, 2.24) is 14.7 Å². The maximum atomic E-state index is 12.3. The van der Waals surface area contributed by atoms with Crippen molar-refractivity contribution in [3.05, 3.63) is 41.7 Å². The average Bonchev–Trinajstić information content (AvgIpc) is 3.14. The molecule has 5 nitrogen and oxygen atoms in total.